The Morgan fingerprint density at radius 2 is 1.60 bits per heavy atom. The molecular formula is C25H25NO4. The van der Waals surface area contributed by atoms with E-state index in [1.165, 1.54) is 4.90 Å². The Morgan fingerprint density at radius 3 is 2.23 bits per heavy atom. The van der Waals surface area contributed by atoms with Gasteiger partial charge >= 0.3 is 5.97 Å². The third kappa shape index (κ3) is 3.45. The van der Waals surface area contributed by atoms with Crippen LogP contribution in [0.2, 0.25) is 0 Å². The number of carbonyl (C=O) groups excluding carboxylic acids is 3. The highest BCUT2D eigenvalue weighted by Gasteiger charge is 2.56. The number of amides is 2. The zero-order valence-electron chi connectivity index (χ0n) is 17.4. The van der Waals surface area contributed by atoms with Crippen LogP contribution in [0.4, 0.5) is 5.69 Å². The van der Waals surface area contributed by atoms with E-state index in [1.807, 2.05) is 51.1 Å². The maximum atomic E-state index is 13.2. The Labute approximate surface area is 176 Å². The fourth-order valence-corrected chi connectivity index (χ4v) is 4.64. The van der Waals surface area contributed by atoms with Crippen molar-refractivity contribution in [1.29, 1.82) is 0 Å². The zero-order chi connectivity index (χ0) is 21.5. The smallest absolute Gasteiger partial charge is 0.338 e. The number of hydrogen-bond donors (Lipinski definition) is 0. The minimum atomic E-state index is -0.526. The lowest BCUT2D eigenvalue weighted by atomic mass is 9.65. The normalized spacial score (nSPS) is 23.6. The van der Waals surface area contributed by atoms with Crippen molar-refractivity contribution < 1.29 is 19.1 Å². The van der Waals surface area contributed by atoms with Gasteiger partial charge in [-0.05, 0) is 48.6 Å². The van der Waals surface area contributed by atoms with Crippen LogP contribution in [0, 0.1) is 17.3 Å². The Balaban J connectivity index is 1.58. The van der Waals surface area contributed by atoms with Gasteiger partial charge in [-0.15, -0.1) is 0 Å². The van der Waals surface area contributed by atoms with E-state index in [4.69, 9.17) is 4.74 Å². The Bertz CT molecular complexity index is 1010. The second-order valence-corrected chi connectivity index (χ2v) is 8.59. The average Bonchev–Trinajstić information content (AvgIpc) is 2.99. The van der Waals surface area contributed by atoms with Gasteiger partial charge in [-0.3, -0.25) is 14.5 Å². The van der Waals surface area contributed by atoms with Crippen LogP contribution in [0.5, 0.6) is 0 Å². The van der Waals surface area contributed by atoms with Crippen LogP contribution in [-0.4, -0.2) is 23.9 Å². The topological polar surface area (TPSA) is 63.7 Å². The van der Waals surface area contributed by atoms with Crippen molar-refractivity contribution in [3.8, 4) is 0 Å². The van der Waals surface area contributed by atoms with E-state index < -0.39 is 29.3 Å². The molecule has 154 valence electrons. The number of rotatable bonds is 4. The molecule has 1 saturated heterocycles. The number of hydrogen-bond acceptors (Lipinski definition) is 4. The molecule has 2 aromatic carbocycles. The minimum absolute atomic E-state index is 0.162. The fraction of sp³-hybridized carbons (Fsp3) is 0.320. The van der Waals surface area contributed by atoms with Crippen molar-refractivity contribution in [2.45, 2.75) is 33.3 Å². The summed E-state index contributed by atoms with van der Waals surface area (Å²) in [4.78, 5) is 40.2. The molecule has 3 atom stereocenters. The Hall–Kier alpha value is -3.21. The third-order valence-electron chi connectivity index (χ3n) is 6.07. The molecule has 1 fully saturated rings. The number of nitrogens with zero attached hydrogens (tertiary/aromatic N) is 1. The number of anilines is 1. The largest absolute Gasteiger partial charge is 0.455 e. The molecule has 2 aromatic rings. The first-order valence-electron chi connectivity index (χ1n) is 10.2. The van der Waals surface area contributed by atoms with E-state index in [0.717, 1.165) is 5.57 Å². The van der Waals surface area contributed by atoms with Crippen LogP contribution in [0.15, 0.2) is 72.3 Å². The van der Waals surface area contributed by atoms with Crippen molar-refractivity contribution in [2.75, 3.05) is 4.90 Å². The molecule has 2 amide bonds. The molecule has 4 rings (SSSR count). The van der Waals surface area contributed by atoms with E-state index in [-0.39, 0.29) is 11.8 Å². The number of esters is 1. The quantitative estimate of drug-likeness (QED) is 0.431. The number of imide groups is 1. The molecule has 0 saturated carbocycles. The SMILES string of the molecule is CC(OC(=O)c1ccccc1)C1=CC(C)(C)[C@@H]2C(=O)N(c3ccccc3)C(=O)[C@@H]2C1. The molecule has 0 spiro atoms. The number of carbonyl (C=O) groups is 3. The van der Waals surface area contributed by atoms with Gasteiger partial charge in [0.25, 0.3) is 0 Å². The van der Waals surface area contributed by atoms with Crippen molar-refractivity contribution in [1.82, 2.24) is 0 Å². The molecule has 1 aliphatic carbocycles. The zero-order valence-corrected chi connectivity index (χ0v) is 17.4. The predicted molar refractivity (Wildman–Crippen MR) is 114 cm³/mol. The monoisotopic (exact) mass is 403 g/mol. The maximum absolute atomic E-state index is 13.2. The number of ether oxygens (including phenoxy) is 1. The molecule has 0 radical (unpaired) electrons. The first kappa shape index (κ1) is 20.1. The lowest BCUT2D eigenvalue weighted by molar-refractivity contribution is -0.123. The third-order valence-corrected chi connectivity index (χ3v) is 6.07. The molecular weight excluding hydrogens is 378 g/mol. The molecule has 5 heteroatoms. The van der Waals surface area contributed by atoms with Crippen molar-refractivity contribution in [2.24, 2.45) is 17.3 Å². The highest BCUT2D eigenvalue weighted by Crippen LogP contribution is 2.49. The molecule has 0 bridgehead atoms. The van der Waals surface area contributed by atoms with Gasteiger partial charge in [0, 0.05) is 0 Å². The van der Waals surface area contributed by atoms with Crippen LogP contribution in [0.1, 0.15) is 37.6 Å². The van der Waals surface area contributed by atoms with E-state index in [2.05, 4.69) is 0 Å². The summed E-state index contributed by atoms with van der Waals surface area (Å²) in [5, 5.41) is 0. The summed E-state index contributed by atoms with van der Waals surface area (Å²) in [6.45, 7) is 5.75. The summed E-state index contributed by atoms with van der Waals surface area (Å²) in [5.41, 5.74) is 1.44. The molecule has 30 heavy (non-hydrogen) atoms. The Morgan fingerprint density at radius 1 is 1.00 bits per heavy atom. The van der Waals surface area contributed by atoms with Gasteiger partial charge in [0.2, 0.25) is 11.8 Å². The average molecular weight is 403 g/mol. The molecule has 1 aliphatic heterocycles. The summed E-state index contributed by atoms with van der Waals surface area (Å²) < 4.78 is 5.67. The lowest BCUT2D eigenvalue weighted by Gasteiger charge is -2.37. The number of allylic oxidation sites excluding steroid dienone is 1. The van der Waals surface area contributed by atoms with Crippen molar-refractivity contribution in [3.05, 3.63) is 77.9 Å². The van der Waals surface area contributed by atoms with Gasteiger partial charge < -0.3 is 4.74 Å². The summed E-state index contributed by atoms with van der Waals surface area (Å²) in [7, 11) is 0. The van der Waals surface area contributed by atoms with Gasteiger partial charge in [0.1, 0.15) is 6.10 Å². The van der Waals surface area contributed by atoms with Crippen molar-refractivity contribution >= 4 is 23.5 Å². The van der Waals surface area contributed by atoms with Crippen LogP contribution in [0.25, 0.3) is 0 Å². The van der Waals surface area contributed by atoms with E-state index in [1.54, 1.807) is 36.4 Å². The fourth-order valence-electron chi connectivity index (χ4n) is 4.64. The van der Waals surface area contributed by atoms with Crippen molar-refractivity contribution in [3.63, 3.8) is 0 Å². The van der Waals surface area contributed by atoms with E-state index in [9.17, 15) is 14.4 Å². The van der Waals surface area contributed by atoms with E-state index >= 15 is 0 Å². The van der Waals surface area contributed by atoms with E-state index in [0.29, 0.717) is 17.7 Å². The molecule has 2 aliphatic rings. The first-order chi connectivity index (χ1) is 14.3. The second-order valence-electron chi connectivity index (χ2n) is 8.59. The molecule has 1 unspecified atom stereocenters. The van der Waals surface area contributed by atoms with Gasteiger partial charge in [-0.25, -0.2) is 4.79 Å². The molecule has 0 N–H and O–H groups in total. The van der Waals surface area contributed by atoms with Gasteiger partial charge in [-0.1, -0.05) is 56.3 Å². The summed E-state index contributed by atoms with van der Waals surface area (Å²) in [6.07, 6.45) is 1.94. The first-order valence-corrected chi connectivity index (χ1v) is 10.2. The number of fused-ring (bicyclic) bond motifs is 1. The predicted octanol–water partition coefficient (Wildman–Crippen LogP) is 4.39. The highest BCUT2D eigenvalue weighted by atomic mass is 16.5. The Kier molecular flexibility index (Phi) is 5.06. The summed E-state index contributed by atoms with van der Waals surface area (Å²) in [5.74, 6) is -1.62. The highest BCUT2D eigenvalue weighted by molar-refractivity contribution is 6.22. The lowest BCUT2D eigenvalue weighted by Crippen LogP contribution is -2.38. The van der Waals surface area contributed by atoms with Gasteiger partial charge in [-0.2, -0.15) is 0 Å². The van der Waals surface area contributed by atoms with Crippen LogP contribution in [0.3, 0.4) is 0 Å². The summed E-state index contributed by atoms with van der Waals surface area (Å²) in [6, 6.07) is 17.9. The molecule has 1 heterocycles. The van der Waals surface area contributed by atoms with Crippen LogP contribution in [-0.2, 0) is 14.3 Å². The number of benzene rings is 2. The standard InChI is InChI=1S/C25H25NO4/c1-16(30-24(29)17-10-6-4-7-11-17)18-14-20-21(25(2,3)15-18)23(28)26(22(20)27)19-12-8-5-9-13-19/h4-13,15-16,20-21H,14H2,1-3H3/t16?,20-,21+/m1/s1. The minimum Gasteiger partial charge on any atom is -0.455 e. The molecule has 5 nitrogen and oxygen atoms in total. The summed E-state index contributed by atoms with van der Waals surface area (Å²) >= 11 is 0. The van der Waals surface area contributed by atoms with Gasteiger partial charge in [0.15, 0.2) is 0 Å². The maximum Gasteiger partial charge on any atom is 0.338 e. The van der Waals surface area contributed by atoms with Crippen LogP contribution < -0.4 is 4.90 Å². The molecule has 0 aromatic heterocycles. The van der Waals surface area contributed by atoms with Crippen LogP contribution >= 0.6 is 0 Å². The number of para-hydroxylation sites is 1. The van der Waals surface area contributed by atoms with Gasteiger partial charge in [0.05, 0.1) is 23.1 Å². The second kappa shape index (κ2) is 7.56.